The molecule has 5 aromatic rings. The van der Waals surface area contributed by atoms with Gasteiger partial charge in [-0.2, -0.15) is 4.98 Å². The highest BCUT2D eigenvalue weighted by molar-refractivity contribution is 6.32. The molecule has 8 nitrogen and oxygen atoms in total. The first kappa shape index (κ1) is 21.4. The van der Waals surface area contributed by atoms with Crippen molar-refractivity contribution in [3.63, 3.8) is 0 Å². The van der Waals surface area contributed by atoms with Gasteiger partial charge in [0.15, 0.2) is 5.65 Å². The molecular formula is C26H22ClN7O. The number of imidazole rings is 1. The van der Waals surface area contributed by atoms with E-state index >= 15 is 0 Å². The number of hydrogen-bond acceptors (Lipinski definition) is 6. The molecule has 0 aliphatic heterocycles. The molecule has 1 fully saturated rings. The summed E-state index contributed by atoms with van der Waals surface area (Å²) >= 11 is 6.39. The summed E-state index contributed by atoms with van der Waals surface area (Å²) in [4.78, 5) is 29.2. The van der Waals surface area contributed by atoms with Crippen molar-refractivity contribution in [3.8, 4) is 5.69 Å². The van der Waals surface area contributed by atoms with Gasteiger partial charge in [-0.05, 0) is 49.2 Å². The molecule has 35 heavy (non-hydrogen) atoms. The second kappa shape index (κ2) is 8.56. The van der Waals surface area contributed by atoms with Crippen molar-refractivity contribution >= 4 is 45.7 Å². The lowest BCUT2D eigenvalue weighted by atomic mass is 10.2. The molecule has 2 aromatic carbocycles. The number of nitrogens with zero attached hydrogens (tertiary/aromatic N) is 6. The summed E-state index contributed by atoms with van der Waals surface area (Å²) in [6, 6.07) is 15.9. The minimum Gasteiger partial charge on any atom is -0.365 e. The third-order valence-corrected chi connectivity index (χ3v) is 6.43. The summed E-state index contributed by atoms with van der Waals surface area (Å²) in [5, 5.41) is 4.06. The van der Waals surface area contributed by atoms with Gasteiger partial charge in [-0.15, -0.1) is 6.58 Å². The van der Waals surface area contributed by atoms with Crippen molar-refractivity contribution < 1.29 is 0 Å². The molecule has 9 heteroatoms. The summed E-state index contributed by atoms with van der Waals surface area (Å²) in [7, 11) is 0. The highest BCUT2D eigenvalue weighted by atomic mass is 35.5. The van der Waals surface area contributed by atoms with Crippen LogP contribution in [0.25, 0.3) is 22.5 Å². The molecular weight excluding hydrogens is 462 g/mol. The van der Waals surface area contributed by atoms with E-state index in [9.17, 15) is 4.79 Å². The Balaban J connectivity index is 1.37. The van der Waals surface area contributed by atoms with Crippen molar-refractivity contribution in [1.82, 2.24) is 23.9 Å². The fourth-order valence-electron chi connectivity index (χ4n) is 4.31. The summed E-state index contributed by atoms with van der Waals surface area (Å²) in [5.74, 6) is 0.812. The molecule has 6 rings (SSSR count). The van der Waals surface area contributed by atoms with Crippen LogP contribution in [-0.2, 0) is 0 Å². The standard InChI is InChI=1S/C26H22ClN7O/c1-2-14-32(19-11-12-19)18-9-7-17(8-10-18)30-25-29-16-20-23(31-25)33-15-13-28-26(33)34(24(20)35)22-6-4-3-5-21(22)27/h2-10,13,15-16,19H,1,11-12,14H2,(H,29,30,31). The molecule has 1 aliphatic rings. The van der Waals surface area contributed by atoms with Crippen molar-refractivity contribution in [3.05, 3.63) is 95.2 Å². The van der Waals surface area contributed by atoms with Gasteiger partial charge in [0.2, 0.25) is 11.7 Å². The highest BCUT2D eigenvalue weighted by Gasteiger charge is 2.28. The van der Waals surface area contributed by atoms with Crippen LogP contribution in [0.2, 0.25) is 5.02 Å². The van der Waals surface area contributed by atoms with Gasteiger partial charge in [0.1, 0.15) is 5.39 Å². The molecule has 0 radical (unpaired) electrons. The van der Waals surface area contributed by atoms with E-state index in [0.29, 0.717) is 39.5 Å². The molecule has 3 aromatic heterocycles. The van der Waals surface area contributed by atoms with Crippen LogP contribution in [0.5, 0.6) is 0 Å². The van der Waals surface area contributed by atoms with E-state index in [-0.39, 0.29) is 5.56 Å². The second-order valence-corrected chi connectivity index (χ2v) is 8.87. The third kappa shape index (κ3) is 3.81. The van der Waals surface area contributed by atoms with Crippen molar-refractivity contribution in [2.24, 2.45) is 0 Å². The van der Waals surface area contributed by atoms with Crippen molar-refractivity contribution in [1.29, 1.82) is 0 Å². The number of para-hydroxylation sites is 1. The molecule has 0 saturated heterocycles. The van der Waals surface area contributed by atoms with Crippen molar-refractivity contribution in [2.45, 2.75) is 18.9 Å². The van der Waals surface area contributed by atoms with Gasteiger partial charge in [-0.1, -0.05) is 29.8 Å². The second-order valence-electron chi connectivity index (χ2n) is 8.46. The average molecular weight is 484 g/mol. The molecule has 1 saturated carbocycles. The fraction of sp³-hybridized carbons (Fsp3) is 0.154. The number of hydrogen-bond donors (Lipinski definition) is 1. The molecule has 0 bridgehead atoms. The lowest BCUT2D eigenvalue weighted by molar-refractivity contribution is 0.862. The van der Waals surface area contributed by atoms with E-state index < -0.39 is 0 Å². The summed E-state index contributed by atoms with van der Waals surface area (Å²) in [5.41, 5.74) is 2.75. The lowest BCUT2D eigenvalue weighted by Crippen LogP contribution is -2.25. The monoisotopic (exact) mass is 483 g/mol. The van der Waals surface area contributed by atoms with Gasteiger partial charge in [0.05, 0.1) is 10.7 Å². The van der Waals surface area contributed by atoms with Crippen LogP contribution < -0.4 is 15.8 Å². The van der Waals surface area contributed by atoms with Gasteiger partial charge in [-0.25, -0.2) is 14.5 Å². The fourth-order valence-corrected chi connectivity index (χ4v) is 4.53. The maximum atomic E-state index is 13.4. The molecule has 0 amide bonds. The van der Waals surface area contributed by atoms with Crippen molar-refractivity contribution in [2.75, 3.05) is 16.8 Å². The SMILES string of the molecule is C=CCN(c1ccc(Nc2ncc3c(=O)n(-c4ccccc4Cl)c4nccn4c3n2)cc1)C1CC1. The summed E-state index contributed by atoms with van der Waals surface area (Å²) in [6.07, 6.45) is 9.31. The Morgan fingerprint density at radius 1 is 1.14 bits per heavy atom. The lowest BCUT2D eigenvalue weighted by Gasteiger charge is -2.23. The Morgan fingerprint density at radius 2 is 1.94 bits per heavy atom. The average Bonchev–Trinajstić information content (AvgIpc) is 3.60. The van der Waals surface area contributed by atoms with Gasteiger partial charge < -0.3 is 10.2 Å². The normalized spacial score (nSPS) is 13.3. The molecule has 0 spiro atoms. The zero-order valence-electron chi connectivity index (χ0n) is 18.8. The number of benzene rings is 2. The van der Waals surface area contributed by atoms with Gasteiger partial charge >= 0.3 is 0 Å². The van der Waals surface area contributed by atoms with Crippen LogP contribution in [0.15, 0.2) is 84.6 Å². The molecule has 1 N–H and O–H groups in total. The quantitative estimate of drug-likeness (QED) is 0.329. The van der Waals surface area contributed by atoms with E-state index in [1.807, 2.05) is 30.3 Å². The molecule has 0 atom stereocenters. The molecule has 1 aliphatic carbocycles. The van der Waals surface area contributed by atoms with E-state index in [1.165, 1.54) is 23.6 Å². The molecule has 174 valence electrons. The first-order chi connectivity index (χ1) is 17.1. The van der Waals surface area contributed by atoms with E-state index in [0.717, 1.165) is 17.9 Å². The number of aromatic nitrogens is 5. The zero-order valence-corrected chi connectivity index (χ0v) is 19.6. The summed E-state index contributed by atoms with van der Waals surface area (Å²) in [6.45, 7) is 4.71. The topological polar surface area (TPSA) is 80.4 Å². The highest BCUT2D eigenvalue weighted by Crippen LogP contribution is 2.32. The number of anilines is 3. The Kier molecular flexibility index (Phi) is 5.22. The van der Waals surface area contributed by atoms with Gasteiger partial charge in [-0.3, -0.25) is 9.20 Å². The van der Waals surface area contributed by atoms with Gasteiger partial charge in [0, 0.05) is 42.6 Å². The minimum atomic E-state index is -0.287. The Labute approximate surface area is 206 Å². The largest absolute Gasteiger partial charge is 0.365 e. The predicted molar refractivity (Wildman–Crippen MR) is 139 cm³/mol. The first-order valence-corrected chi connectivity index (χ1v) is 11.8. The van der Waals surface area contributed by atoms with Crippen LogP contribution >= 0.6 is 11.6 Å². The molecule has 0 unspecified atom stereocenters. The van der Waals surface area contributed by atoms with Crippen LogP contribution in [0.1, 0.15) is 12.8 Å². The van der Waals surface area contributed by atoms with Gasteiger partial charge in [0.25, 0.3) is 5.56 Å². The Bertz CT molecular complexity index is 1620. The predicted octanol–water partition coefficient (Wildman–Crippen LogP) is 4.98. The van der Waals surface area contributed by atoms with Crippen LogP contribution in [0.4, 0.5) is 17.3 Å². The van der Waals surface area contributed by atoms with Crippen LogP contribution in [0, 0.1) is 0 Å². The smallest absolute Gasteiger partial charge is 0.270 e. The third-order valence-electron chi connectivity index (χ3n) is 6.11. The Morgan fingerprint density at radius 3 is 2.69 bits per heavy atom. The minimum absolute atomic E-state index is 0.287. The Hall–Kier alpha value is -4.17. The van der Waals surface area contributed by atoms with E-state index in [1.54, 1.807) is 28.9 Å². The number of halogens is 1. The first-order valence-electron chi connectivity index (χ1n) is 11.4. The maximum absolute atomic E-state index is 13.4. The van der Waals surface area contributed by atoms with E-state index in [2.05, 4.69) is 43.9 Å². The number of fused-ring (bicyclic) bond motifs is 3. The number of rotatable bonds is 7. The van der Waals surface area contributed by atoms with Crippen LogP contribution in [0.3, 0.4) is 0 Å². The maximum Gasteiger partial charge on any atom is 0.270 e. The zero-order chi connectivity index (χ0) is 23.9. The number of nitrogens with one attached hydrogen (secondary N) is 1. The van der Waals surface area contributed by atoms with E-state index in [4.69, 9.17) is 11.6 Å². The summed E-state index contributed by atoms with van der Waals surface area (Å²) < 4.78 is 3.24. The molecule has 3 heterocycles. The van der Waals surface area contributed by atoms with Crippen LogP contribution in [-0.4, -0.2) is 36.5 Å².